The molecule has 0 saturated heterocycles. The van der Waals surface area contributed by atoms with Crippen LogP contribution < -0.4 is 5.32 Å². The van der Waals surface area contributed by atoms with Gasteiger partial charge in [0.1, 0.15) is 17.1 Å². The molecule has 1 aliphatic rings. The van der Waals surface area contributed by atoms with Crippen molar-refractivity contribution in [2.24, 2.45) is 4.40 Å². The Balaban J connectivity index is 1.66. The molecule has 9 nitrogen and oxygen atoms in total. The van der Waals surface area contributed by atoms with E-state index in [0.29, 0.717) is 5.89 Å². The Kier molecular flexibility index (Phi) is 6.23. The van der Waals surface area contributed by atoms with E-state index >= 15 is 0 Å². The van der Waals surface area contributed by atoms with E-state index in [9.17, 15) is 17.6 Å². The van der Waals surface area contributed by atoms with Gasteiger partial charge in [-0.05, 0) is 42.7 Å². The molecule has 3 aromatic rings. The Morgan fingerprint density at radius 3 is 2.70 bits per heavy atom. The smallest absolute Gasteiger partial charge is 0.284 e. The number of hydrogen-bond acceptors (Lipinski definition) is 6. The summed E-state index contributed by atoms with van der Waals surface area (Å²) in [5.41, 5.74) is 0.617. The van der Waals surface area contributed by atoms with E-state index in [1.54, 1.807) is 20.2 Å². The number of nitrogens with one attached hydrogen (secondary N) is 1. The molecule has 0 spiro atoms. The minimum atomic E-state index is -4.16. The van der Waals surface area contributed by atoms with Crippen LogP contribution in [0.5, 0.6) is 0 Å². The summed E-state index contributed by atoms with van der Waals surface area (Å²) in [5.74, 6) is -0.267. The molecular formula is C22H22FN5O4S. The van der Waals surface area contributed by atoms with E-state index < -0.39 is 21.7 Å². The zero-order valence-electron chi connectivity index (χ0n) is 18.0. The van der Waals surface area contributed by atoms with Crippen LogP contribution in [0.15, 0.2) is 56.2 Å². The Morgan fingerprint density at radius 2 is 2.00 bits per heavy atom. The number of aromatic nitrogens is 2. The van der Waals surface area contributed by atoms with Gasteiger partial charge in [-0.15, -0.1) is 14.6 Å². The highest BCUT2D eigenvalue weighted by molar-refractivity contribution is 7.90. The summed E-state index contributed by atoms with van der Waals surface area (Å²) in [7, 11) is -0.888. The minimum absolute atomic E-state index is 0.0553. The number of amides is 1. The standard InChI is InChI=1S/C22H22FN5O4S/c1-28(2)13-24-33(30,31)19-12-16(25-20(29)11-15-5-3-4-6-18(15)23)9-10-17(19)22-27-26-21(32-22)14-7-8-14/h3-6,9-10,12-14H,7-8,11H2,1-2H3,(H,25,29)/b24-13+. The highest BCUT2D eigenvalue weighted by Crippen LogP contribution is 2.40. The molecule has 1 heterocycles. The van der Waals surface area contributed by atoms with Crippen LogP contribution in [0.1, 0.15) is 30.2 Å². The number of nitrogens with zero attached hydrogens (tertiary/aromatic N) is 4. The first-order chi connectivity index (χ1) is 15.7. The second-order valence-corrected chi connectivity index (χ2v) is 9.51. The minimum Gasteiger partial charge on any atom is -0.420 e. The van der Waals surface area contributed by atoms with E-state index in [0.717, 1.165) is 19.2 Å². The molecule has 1 N–H and O–H groups in total. The first-order valence-corrected chi connectivity index (χ1v) is 11.6. The van der Waals surface area contributed by atoms with E-state index in [4.69, 9.17) is 4.42 Å². The van der Waals surface area contributed by atoms with Crippen molar-refractivity contribution in [2.45, 2.75) is 30.1 Å². The fraction of sp³-hybridized carbons (Fsp3) is 0.273. The molecule has 1 aromatic heterocycles. The number of halogens is 1. The number of benzene rings is 2. The number of carbonyl (C=O) groups is 1. The predicted octanol–water partition coefficient (Wildman–Crippen LogP) is 3.21. The predicted molar refractivity (Wildman–Crippen MR) is 120 cm³/mol. The Bertz CT molecular complexity index is 1320. The first kappa shape index (κ1) is 22.6. The fourth-order valence-electron chi connectivity index (χ4n) is 3.06. The first-order valence-electron chi connectivity index (χ1n) is 10.2. The highest BCUT2D eigenvalue weighted by Gasteiger charge is 2.31. The molecule has 1 fully saturated rings. The average molecular weight is 472 g/mol. The molecule has 11 heteroatoms. The van der Waals surface area contributed by atoms with Gasteiger partial charge < -0.3 is 14.6 Å². The monoisotopic (exact) mass is 471 g/mol. The Morgan fingerprint density at radius 1 is 1.24 bits per heavy atom. The number of anilines is 1. The Labute approximate surface area is 190 Å². The molecule has 0 unspecified atom stereocenters. The second-order valence-electron chi connectivity index (χ2n) is 7.91. The second kappa shape index (κ2) is 9.10. The van der Waals surface area contributed by atoms with Gasteiger partial charge in [0.2, 0.25) is 17.7 Å². The average Bonchev–Trinajstić information content (AvgIpc) is 3.51. The molecule has 1 amide bonds. The maximum Gasteiger partial charge on any atom is 0.284 e. The lowest BCUT2D eigenvalue weighted by atomic mass is 10.1. The van der Waals surface area contributed by atoms with Crippen molar-refractivity contribution in [1.82, 2.24) is 15.1 Å². The van der Waals surface area contributed by atoms with E-state index in [-0.39, 0.29) is 39.9 Å². The van der Waals surface area contributed by atoms with Crippen LogP contribution in [-0.2, 0) is 21.2 Å². The zero-order chi connectivity index (χ0) is 23.6. The maximum absolute atomic E-state index is 13.9. The molecule has 1 saturated carbocycles. The number of sulfonamides is 1. The van der Waals surface area contributed by atoms with Crippen molar-refractivity contribution < 1.29 is 22.0 Å². The molecule has 0 atom stereocenters. The summed E-state index contributed by atoms with van der Waals surface area (Å²) >= 11 is 0. The van der Waals surface area contributed by atoms with Crippen molar-refractivity contribution in [3.05, 3.63) is 59.7 Å². The molecule has 1 aliphatic carbocycles. The van der Waals surface area contributed by atoms with E-state index in [2.05, 4.69) is 19.9 Å². The summed E-state index contributed by atoms with van der Waals surface area (Å²) in [6.45, 7) is 0. The summed E-state index contributed by atoms with van der Waals surface area (Å²) in [6, 6.07) is 10.2. The molecule has 172 valence electrons. The SMILES string of the molecule is CN(C)/C=N/S(=O)(=O)c1cc(NC(=O)Cc2ccccc2F)ccc1-c1nnc(C2CC2)o1. The molecule has 0 radical (unpaired) electrons. The van der Waals surface area contributed by atoms with Crippen LogP contribution in [0.4, 0.5) is 10.1 Å². The lowest BCUT2D eigenvalue weighted by Crippen LogP contribution is -2.16. The van der Waals surface area contributed by atoms with Gasteiger partial charge in [0.15, 0.2) is 0 Å². The van der Waals surface area contributed by atoms with Crippen molar-refractivity contribution in [3.8, 4) is 11.5 Å². The van der Waals surface area contributed by atoms with Crippen LogP contribution in [0.3, 0.4) is 0 Å². The van der Waals surface area contributed by atoms with Gasteiger partial charge in [-0.1, -0.05) is 18.2 Å². The molecule has 33 heavy (non-hydrogen) atoms. The van der Waals surface area contributed by atoms with Crippen molar-refractivity contribution in [2.75, 3.05) is 19.4 Å². The summed E-state index contributed by atoms with van der Waals surface area (Å²) in [5, 5.41) is 10.6. The Hall–Kier alpha value is -3.60. The third-order valence-corrected chi connectivity index (χ3v) is 6.13. The maximum atomic E-state index is 13.9. The lowest BCUT2D eigenvalue weighted by Gasteiger charge is -2.10. The van der Waals surface area contributed by atoms with Crippen molar-refractivity contribution in [1.29, 1.82) is 0 Å². The van der Waals surface area contributed by atoms with Crippen LogP contribution in [-0.4, -0.2) is 49.9 Å². The number of rotatable bonds is 8. The van der Waals surface area contributed by atoms with Crippen LogP contribution in [0.2, 0.25) is 0 Å². The van der Waals surface area contributed by atoms with Crippen molar-refractivity contribution >= 4 is 28.0 Å². The van der Waals surface area contributed by atoms with Gasteiger partial charge in [0.05, 0.1) is 12.0 Å². The van der Waals surface area contributed by atoms with Crippen LogP contribution >= 0.6 is 0 Å². The van der Waals surface area contributed by atoms with Gasteiger partial charge in [-0.3, -0.25) is 4.79 Å². The molecule has 2 aromatic carbocycles. The molecular weight excluding hydrogens is 449 g/mol. The lowest BCUT2D eigenvalue weighted by molar-refractivity contribution is -0.115. The van der Waals surface area contributed by atoms with E-state index in [1.165, 1.54) is 41.3 Å². The largest absolute Gasteiger partial charge is 0.420 e. The summed E-state index contributed by atoms with van der Waals surface area (Å²) in [6.07, 6.45) is 2.86. The van der Waals surface area contributed by atoms with Gasteiger partial charge in [0, 0.05) is 25.7 Å². The van der Waals surface area contributed by atoms with Crippen LogP contribution in [0, 0.1) is 5.82 Å². The number of carbonyl (C=O) groups excluding carboxylic acids is 1. The zero-order valence-corrected chi connectivity index (χ0v) is 18.8. The molecule has 0 bridgehead atoms. The highest BCUT2D eigenvalue weighted by atomic mass is 32.2. The molecule has 4 rings (SSSR count). The number of hydrogen-bond donors (Lipinski definition) is 1. The summed E-state index contributed by atoms with van der Waals surface area (Å²) < 4.78 is 49.2. The van der Waals surface area contributed by atoms with Crippen LogP contribution in [0.25, 0.3) is 11.5 Å². The van der Waals surface area contributed by atoms with Crippen molar-refractivity contribution in [3.63, 3.8) is 0 Å². The molecule has 0 aliphatic heterocycles. The normalized spacial score (nSPS) is 13.9. The van der Waals surface area contributed by atoms with Gasteiger partial charge in [-0.2, -0.15) is 8.42 Å². The third kappa shape index (κ3) is 5.43. The topological polar surface area (TPSA) is 118 Å². The van der Waals surface area contributed by atoms with Gasteiger partial charge in [-0.25, -0.2) is 4.39 Å². The van der Waals surface area contributed by atoms with E-state index in [1.807, 2.05) is 0 Å². The quantitative estimate of drug-likeness (QED) is 0.396. The van der Waals surface area contributed by atoms with Gasteiger partial charge >= 0.3 is 0 Å². The third-order valence-electron chi connectivity index (χ3n) is 4.87. The van der Waals surface area contributed by atoms with Gasteiger partial charge in [0.25, 0.3) is 10.0 Å². The fourth-order valence-corrected chi connectivity index (χ4v) is 4.20. The summed E-state index contributed by atoms with van der Waals surface area (Å²) in [4.78, 5) is 13.7.